The van der Waals surface area contributed by atoms with Gasteiger partial charge >= 0.3 is 0 Å². The van der Waals surface area contributed by atoms with Crippen molar-refractivity contribution in [2.45, 2.75) is 32.6 Å². The molecule has 2 rings (SSSR count). The van der Waals surface area contributed by atoms with Gasteiger partial charge in [-0.15, -0.1) is 0 Å². The molecule has 0 aliphatic heterocycles. The van der Waals surface area contributed by atoms with Gasteiger partial charge in [-0.1, -0.05) is 0 Å². The van der Waals surface area contributed by atoms with E-state index in [4.69, 9.17) is 0 Å². The molecule has 0 saturated heterocycles. The van der Waals surface area contributed by atoms with Crippen LogP contribution in [0.4, 0.5) is 0 Å². The second-order valence-corrected chi connectivity index (χ2v) is 3.04. The Balaban J connectivity index is 2.49. The van der Waals surface area contributed by atoms with Gasteiger partial charge in [0.15, 0.2) is 6.33 Å². The molecule has 1 heterocycles. The van der Waals surface area contributed by atoms with Crippen LogP contribution >= 0.6 is 0 Å². The fourth-order valence-corrected chi connectivity index (χ4v) is 1.63. The van der Waals surface area contributed by atoms with Crippen LogP contribution in [0.2, 0.25) is 0 Å². The van der Waals surface area contributed by atoms with E-state index in [9.17, 15) is 0 Å². The second kappa shape index (κ2) is 2.61. The van der Waals surface area contributed by atoms with Gasteiger partial charge in [-0.25, -0.2) is 9.97 Å². The van der Waals surface area contributed by atoms with Gasteiger partial charge in [0.2, 0.25) is 0 Å². The molecule has 11 heavy (non-hydrogen) atoms. The highest BCUT2D eigenvalue weighted by Crippen LogP contribution is 2.19. The lowest BCUT2D eigenvalue weighted by Crippen LogP contribution is -2.08. The predicted molar refractivity (Wildman–Crippen MR) is 42.2 cm³/mol. The summed E-state index contributed by atoms with van der Waals surface area (Å²) in [4.78, 5) is 8.20. The van der Waals surface area contributed by atoms with Gasteiger partial charge in [-0.3, -0.25) is 0 Å². The Morgan fingerprint density at radius 3 is 2.82 bits per heavy atom. The fraction of sp³-hybridized carbons (Fsp3) is 0.556. The average Bonchev–Trinajstić information content (AvgIpc) is 2.06. The van der Waals surface area contributed by atoms with Crippen molar-refractivity contribution < 1.29 is 0 Å². The van der Waals surface area contributed by atoms with Crippen molar-refractivity contribution in [3.63, 3.8) is 0 Å². The average molecular weight is 147 g/mol. The smallest absolute Gasteiger partial charge is 0.198 e. The van der Waals surface area contributed by atoms with E-state index in [1.165, 1.54) is 24.1 Å². The number of rotatable bonds is 0. The summed E-state index contributed by atoms with van der Waals surface area (Å²) in [7, 11) is 0. The van der Waals surface area contributed by atoms with Crippen molar-refractivity contribution in [1.82, 2.24) is 9.97 Å². The number of nitrogens with zero attached hydrogens (tertiary/aromatic N) is 2. The topological polar surface area (TPSA) is 25.8 Å². The third kappa shape index (κ3) is 1.13. The second-order valence-electron chi connectivity index (χ2n) is 3.04. The molecule has 2 heteroatoms. The Bertz CT molecular complexity index is 268. The molecule has 1 radical (unpaired) electrons. The molecular formula is C9H11N2. The minimum atomic E-state index is 1.12. The SMILES string of the molecule is Cc1n[c]nc2c1CCCC2. The van der Waals surface area contributed by atoms with Crippen molar-refractivity contribution in [3.05, 3.63) is 23.3 Å². The highest BCUT2D eigenvalue weighted by molar-refractivity contribution is 5.25. The summed E-state index contributed by atoms with van der Waals surface area (Å²) >= 11 is 0. The predicted octanol–water partition coefficient (Wildman–Crippen LogP) is 1.46. The monoisotopic (exact) mass is 147 g/mol. The zero-order valence-electron chi connectivity index (χ0n) is 6.72. The number of hydrogen-bond donors (Lipinski definition) is 0. The maximum absolute atomic E-state index is 4.14. The standard InChI is InChI=1S/C9H11N2/c1-7-8-4-2-3-5-9(8)11-6-10-7/h2-5H2,1H3. The first-order valence-electron chi connectivity index (χ1n) is 4.10. The summed E-state index contributed by atoms with van der Waals surface area (Å²) < 4.78 is 0. The van der Waals surface area contributed by atoms with E-state index in [1.54, 1.807) is 0 Å². The summed E-state index contributed by atoms with van der Waals surface area (Å²) in [5.41, 5.74) is 3.72. The molecule has 0 fully saturated rings. The van der Waals surface area contributed by atoms with Crippen LogP contribution in [0.3, 0.4) is 0 Å². The first kappa shape index (κ1) is 6.77. The molecule has 1 aromatic rings. The summed E-state index contributed by atoms with van der Waals surface area (Å²) in [6, 6.07) is 0. The fourth-order valence-electron chi connectivity index (χ4n) is 1.63. The highest BCUT2D eigenvalue weighted by atomic mass is 14.8. The normalized spacial score (nSPS) is 16.1. The number of fused-ring (bicyclic) bond motifs is 1. The molecule has 0 N–H and O–H groups in total. The molecule has 0 amide bonds. The minimum absolute atomic E-state index is 1.12. The van der Waals surface area contributed by atoms with Gasteiger partial charge in [-0.2, -0.15) is 0 Å². The van der Waals surface area contributed by atoms with Crippen LogP contribution in [-0.2, 0) is 12.8 Å². The van der Waals surface area contributed by atoms with Crippen LogP contribution < -0.4 is 0 Å². The number of aromatic nitrogens is 2. The van der Waals surface area contributed by atoms with Gasteiger partial charge in [-0.05, 0) is 38.2 Å². The summed E-state index contributed by atoms with van der Waals surface area (Å²) in [5, 5.41) is 0. The Hall–Kier alpha value is -0.920. The van der Waals surface area contributed by atoms with Crippen LogP contribution in [0.1, 0.15) is 29.8 Å². The van der Waals surface area contributed by atoms with E-state index in [2.05, 4.69) is 16.3 Å². The molecule has 2 nitrogen and oxygen atoms in total. The van der Waals surface area contributed by atoms with Gasteiger partial charge in [0.25, 0.3) is 0 Å². The van der Waals surface area contributed by atoms with Gasteiger partial charge in [0.05, 0.1) is 0 Å². The molecule has 1 aliphatic carbocycles. The third-order valence-electron chi connectivity index (χ3n) is 2.28. The summed E-state index contributed by atoms with van der Waals surface area (Å²) in [5.74, 6) is 0. The maximum Gasteiger partial charge on any atom is 0.198 e. The van der Waals surface area contributed by atoms with E-state index >= 15 is 0 Å². The molecule has 1 aliphatic rings. The van der Waals surface area contributed by atoms with Crippen molar-refractivity contribution in [2.24, 2.45) is 0 Å². The lowest BCUT2D eigenvalue weighted by molar-refractivity contribution is 0.655. The Kier molecular flexibility index (Phi) is 1.60. The van der Waals surface area contributed by atoms with Crippen LogP contribution in [0, 0.1) is 13.3 Å². The van der Waals surface area contributed by atoms with E-state index in [0.29, 0.717) is 0 Å². The van der Waals surface area contributed by atoms with E-state index < -0.39 is 0 Å². The molecule has 1 aromatic heterocycles. The number of hydrogen-bond acceptors (Lipinski definition) is 2. The van der Waals surface area contributed by atoms with E-state index in [-0.39, 0.29) is 0 Å². The van der Waals surface area contributed by atoms with E-state index in [1.807, 2.05) is 6.92 Å². The largest absolute Gasteiger partial charge is 0.230 e. The molecule has 0 atom stereocenters. The summed E-state index contributed by atoms with van der Waals surface area (Å²) in [6.07, 6.45) is 7.54. The molecule has 57 valence electrons. The van der Waals surface area contributed by atoms with Gasteiger partial charge < -0.3 is 0 Å². The Morgan fingerprint density at radius 2 is 2.00 bits per heavy atom. The van der Waals surface area contributed by atoms with Crippen molar-refractivity contribution in [3.8, 4) is 0 Å². The van der Waals surface area contributed by atoms with Gasteiger partial charge in [0, 0.05) is 11.4 Å². The molecule has 0 aromatic carbocycles. The zero-order chi connectivity index (χ0) is 7.68. The van der Waals surface area contributed by atoms with Crippen LogP contribution in [0.15, 0.2) is 0 Å². The highest BCUT2D eigenvalue weighted by Gasteiger charge is 2.12. The Morgan fingerprint density at radius 1 is 1.18 bits per heavy atom. The van der Waals surface area contributed by atoms with E-state index in [0.717, 1.165) is 18.5 Å². The van der Waals surface area contributed by atoms with Crippen LogP contribution in [0.25, 0.3) is 0 Å². The third-order valence-corrected chi connectivity index (χ3v) is 2.28. The van der Waals surface area contributed by atoms with Crippen molar-refractivity contribution >= 4 is 0 Å². The number of aryl methyl sites for hydroxylation is 2. The van der Waals surface area contributed by atoms with Gasteiger partial charge in [0.1, 0.15) is 0 Å². The van der Waals surface area contributed by atoms with Crippen molar-refractivity contribution in [1.29, 1.82) is 0 Å². The summed E-state index contributed by atoms with van der Waals surface area (Å²) in [6.45, 7) is 2.04. The lowest BCUT2D eigenvalue weighted by atomic mass is 9.95. The molecule has 0 bridgehead atoms. The Labute approximate surface area is 66.7 Å². The maximum atomic E-state index is 4.14. The molecule has 0 unspecified atom stereocenters. The van der Waals surface area contributed by atoms with Crippen LogP contribution in [-0.4, -0.2) is 9.97 Å². The minimum Gasteiger partial charge on any atom is -0.230 e. The van der Waals surface area contributed by atoms with Crippen LogP contribution in [0.5, 0.6) is 0 Å². The molecule has 0 saturated carbocycles. The first-order valence-corrected chi connectivity index (χ1v) is 4.10. The quantitative estimate of drug-likeness (QED) is 0.555. The molecule has 0 spiro atoms. The zero-order valence-corrected chi connectivity index (χ0v) is 6.72. The lowest BCUT2D eigenvalue weighted by Gasteiger charge is -2.14. The first-order chi connectivity index (χ1) is 5.38. The molecular weight excluding hydrogens is 136 g/mol. The van der Waals surface area contributed by atoms with Crippen molar-refractivity contribution in [2.75, 3.05) is 0 Å².